The van der Waals surface area contributed by atoms with Crippen molar-refractivity contribution in [3.05, 3.63) is 28.0 Å². The van der Waals surface area contributed by atoms with Crippen molar-refractivity contribution in [2.75, 3.05) is 0 Å². The second-order valence-electron chi connectivity index (χ2n) is 3.69. The van der Waals surface area contributed by atoms with E-state index in [1.54, 1.807) is 0 Å². The van der Waals surface area contributed by atoms with Gasteiger partial charge in [-0.3, -0.25) is 25.5 Å². The highest BCUT2D eigenvalue weighted by Crippen LogP contribution is 2.20. The predicted octanol–water partition coefficient (Wildman–Crippen LogP) is -0.446. The van der Waals surface area contributed by atoms with Crippen LogP contribution in [0.1, 0.15) is 5.76 Å². The van der Waals surface area contributed by atoms with Gasteiger partial charge in [0.1, 0.15) is 10.8 Å². The van der Waals surface area contributed by atoms with Crippen LogP contribution in [0.15, 0.2) is 26.5 Å². The zero-order chi connectivity index (χ0) is 13.6. The number of hydrogen-bond donors (Lipinski definition) is 2. The summed E-state index contributed by atoms with van der Waals surface area (Å²) >= 11 is 0. The fraction of sp³-hybridized carbons (Fsp3) is 0.111. The number of nitro groups is 1. The number of amidine groups is 2. The van der Waals surface area contributed by atoms with Crippen LogP contribution in [0.2, 0.25) is 0 Å². The summed E-state index contributed by atoms with van der Waals surface area (Å²) in [6.07, 6.45) is 0. The van der Waals surface area contributed by atoms with Crippen LogP contribution in [0, 0.1) is 10.1 Å². The van der Waals surface area contributed by atoms with Crippen LogP contribution in [0.5, 0.6) is 0 Å². The molecule has 1 aromatic rings. The van der Waals surface area contributed by atoms with E-state index in [1.807, 2.05) is 5.32 Å². The fourth-order valence-corrected chi connectivity index (χ4v) is 1.66. The number of carbonyl (C=O) groups is 2. The number of nitrogens with zero attached hydrogens (tertiary/aromatic N) is 3. The molecule has 10 nitrogen and oxygen atoms in total. The van der Waals surface area contributed by atoms with E-state index in [9.17, 15) is 19.7 Å². The van der Waals surface area contributed by atoms with Crippen LogP contribution in [0.25, 0.3) is 0 Å². The Morgan fingerprint density at radius 3 is 2.79 bits per heavy atom. The number of imide groups is 1. The minimum absolute atomic E-state index is 0.0189. The van der Waals surface area contributed by atoms with Gasteiger partial charge in [0.2, 0.25) is 0 Å². The van der Waals surface area contributed by atoms with Crippen LogP contribution < -0.4 is 10.6 Å². The molecule has 1 atom stereocenters. The average Bonchev–Trinajstić information content (AvgIpc) is 2.92. The lowest BCUT2D eigenvalue weighted by molar-refractivity contribution is -0.402. The van der Waals surface area contributed by atoms with Crippen molar-refractivity contribution in [3.63, 3.8) is 0 Å². The number of rotatable bonds is 2. The summed E-state index contributed by atoms with van der Waals surface area (Å²) in [5.74, 6) is -0.927. The van der Waals surface area contributed by atoms with Crippen molar-refractivity contribution in [3.8, 4) is 0 Å². The Balaban J connectivity index is 1.94. The number of amides is 3. The van der Waals surface area contributed by atoms with Crippen molar-refractivity contribution in [1.29, 1.82) is 0 Å². The average molecular weight is 263 g/mol. The Morgan fingerprint density at radius 1 is 1.32 bits per heavy atom. The maximum atomic E-state index is 11.5. The molecule has 3 heterocycles. The Kier molecular flexibility index (Phi) is 2.17. The smallest absolute Gasteiger partial charge is 0.397 e. The molecular formula is C9H5N5O5. The molecule has 1 aromatic heterocycles. The molecule has 0 spiro atoms. The topological polar surface area (TPSA) is 139 Å². The summed E-state index contributed by atoms with van der Waals surface area (Å²) in [4.78, 5) is 40.2. The summed E-state index contributed by atoms with van der Waals surface area (Å²) in [5, 5.41) is 14.8. The van der Waals surface area contributed by atoms with Gasteiger partial charge in [0.05, 0.1) is 6.07 Å². The SMILES string of the molecule is O=C1NC(=O)C2N=C(c3ccc([N+](=O)[O-])o3)N=C2N1. The largest absolute Gasteiger partial charge is 0.433 e. The van der Waals surface area contributed by atoms with Gasteiger partial charge in [-0.25, -0.2) is 14.8 Å². The number of furan rings is 1. The number of aliphatic imine (C=N–C) groups is 2. The highest BCUT2D eigenvalue weighted by molar-refractivity contribution is 6.27. The Labute approximate surface area is 104 Å². The summed E-state index contributed by atoms with van der Waals surface area (Å²) in [5.41, 5.74) is 0. The minimum atomic E-state index is -0.961. The molecule has 2 N–H and O–H groups in total. The number of fused-ring (bicyclic) bond motifs is 1. The second kappa shape index (κ2) is 3.73. The first kappa shape index (κ1) is 11.1. The minimum Gasteiger partial charge on any atom is -0.397 e. The van der Waals surface area contributed by atoms with E-state index in [-0.39, 0.29) is 17.4 Å². The molecule has 2 aliphatic heterocycles. The van der Waals surface area contributed by atoms with Gasteiger partial charge in [-0.1, -0.05) is 0 Å². The molecular weight excluding hydrogens is 258 g/mol. The molecule has 2 aliphatic rings. The molecule has 0 aliphatic carbocycles. The lowest BCUT2D eigenvalue weighted by Crippen LogP contribution is -2.57. The van der Waals surface area contributed by atoms with Crippen molar-refractivity contribution in [2.45, 2.75) is 6.04 Å². The van der Waals surface area contributed by atoms with Gasteiger partial charge in [0.15, 0.2) is 17.6 Å². The number of hydrogen-bond acceptors (Lipinski definition) is 7. The van der Waals surface area contributed by atoms with Gasteiger partial charge in [-0.15, -0.1) is 0 Å². The summed E-state index contributed by atoms with van der Waals surface area (Å²) in [6.45, 7) is 0. The number of nitrogens with one attached hydrogen (secondary N) is 2. The zero-order valence-electron chi connectivity index (χ0n) is 9.11. The predicted molar refractivity (Wildman–Crippen MR) is 59.8 cm³/mol. The number of carbonyl (C=O) groups excluding carboxylic acids is 2. The molecule has 96 valence electrons. The molecule has 0 saturated carbocycles. The maximum absolute atomic E-state index is 11.5. The third-order valence-corrected chi connectivity index (χ3v) is 2.46. The molecule has 0 aromatic carbocycles. The van der Waals surface area contributed by atoms with Crippen LogP contribution in [0.3, 0.4) is 0 Å². The molecule has 1 fully saturated rings. The molecule has 3 rings (SSSR count). The van der Waals surface area contributed by atoms with Gasteiger partial charge in [-0.05, 0) is 6.07 Å². The highest BCUT2D eigenvalue weighted by atomic mass is 16.6. The van der Waals surface area contributed by atoms with Crippen LogP contribution in [-0.4, -0.2) is 34.6 Å². The summed E-state index contributed by atoms with van der Waals surface area (Å²) < 4.78 is 4.92. The van der Waals surface area contributed by atoms with Crippen LogP contribution in [-0.2, 0) is 4.79 Å². The van der Waals surface area contributed by atoms with Crippen LogP contribution in [0.4, 0.5) is 10.7 Å². The molecule has 1 unspecified atom stereocenters. The molecule has 10 heteroatoms. The second-order valence-corrected chi connectivity index (χ2v) is 3.69. The molecule has 0 radical (unpaired) electrons. The maximum Gasteiger partial charge on any atom is 0.433 e. The normalized spacial score (nSPS) is 21.2. The zero-order valence-corrected chi connectivity index (χ0v) is 9.11. The Bertz CT molecular complexity index is 672. The summed E-state index contributed by atoms with van der Waals surface area (Å²) in [6, 6.07) is 0.815. The first-order valence-corrected chi connectivity index (χ1v) is 5.07. The molecule has 1 saturated heterocycles. The van der Waals surface area contributed by atoms with Gasteiger partial charge in [0.25, 0.3) is 5.91 Å². The van der Waals surface area contributed by atoms with E-state index < -0.39 is 28.8 Å². The van der Waals surface area contributed by atoms with Gasteiger partial charge in [0, 0.05) is 0 Å². The summed E-state index contributed by atoms with van der Waals surface area (Å²) in [7, 11) is 0. The molecule has 0 bridgehead atoms. The highest BCUT2D eigenvalue weighted by Gasteiger charge is 2.37. The third-order valence-electron chi connectivity index (χ3n) is 2.46. The van der Waals surface area contributed by atoms with Crippen LogP contribution >= 0.6 is 0 Å². The first-order chi connectivity index (χ1) is 9.04. The molecule has 3 amide bonds. The lowest BCUT2D eigenvalue weighted by Gasteiger charge is -2.16. The lowest BCUT2D eigenvalue weighted by atomic mass is 10.2. The number of urea groups is 1. The fourth-order valence-electron chi connectivity index (χ4n) is 1.66. The standard InChI is InChI=1S/C9H5N5O5/c15-8-5-7(12-9(16)13-8)11-6(10-5)3-1-2-4(19-3)14(17)18/h1-2,5H,(H2,10,11,12,13,15,16). The monoisotopic (exact) mass is 263 g/mol. The van der Waals surface area contributed by atoms with Crippen molar-refractivity contribution in [1.82, 2.24) is 10.6 Å². The van der Waals surface area contributed by atoms with E-state index in [2.05, 4.69) is 15.3 Å². The van der Waals surface area contributed by atoms with E-state index >= 15 is 0 Å². The van der Waals surface area contributed by atoms with E-state index in [0.29, 0.717) is 0 Å². The first-order valence-electron chi connectivity index (χ1n) is 5.07. The Hall–Kier alpha value is -3.04. The van der Waals surface area contributed by atoms with Crippen molar-refractivity contribution >= 4 is 29.5 Å². The molecule has 19 heavy (non-hydrogen) atoms. The third kappa shape index (κ3) is 1.74. The van der Waals surface area contributed by atoms with E-state index in [0.717, 1.165) is 6.07 Å². The van der Waals surface area contributed by atoms with Gasteiger partial charge < -0.3 is 4.42 Å². The van der Waals surface area contributed by atoms with Gasteiger partial charge in [-0.2, -0.15) is 0 Å². The van der Waals surface area contributed by atoms with Gasteiger partial charge >= 0.3 is 11.9 Å². The quantitative estimate of drug-likeness (QED) is 0.549. The van der Waals surface area contributed by atoms with Crippen molar-refractivity contribution < 1.29 is 18.9 Å². The van der Waals surface area contributed by atoms with E-state index in [1.165, 1.54) is 6.07 Å². The van der Waals surface area contributed by atoms with E-state index in [4.69, 9.17) is 4.42 Å². The Morgan fingerprint density at radius 2 is 2.11 bits per heavy atom. The van der Waals surface area contributed by atoms with Crippen molar-refractivity contribution in [2.24, 2.45) is 9.98 Å².